The van der Waals surface area contributed by atoms with Crippen molar-refractivity contribution in [3.05, 3.63) is 65.5 Å². The second-order valence-corrected chi connectivity index (χ2v) is 20.6. The first-order chi connectivity index (χ1) is 35.2. The molecule has 1 saturated heterocycles. The highest BCUT2D eigenvalue weighted by atomic mass is 16.6. The quantitative estimate of drug-likeness (QED) is 0.0680. The van der Waals surface area contributed by atoms with E-state index < -0.39 is 17.6 Å². The maximum Gasteiger partial charge on any atom is 0.410 e. The molecule has 5 heterocycles. The van der Waals surface area contributed by atoms with Crippen molar-refractivity contribution in [1.29, 1.82) is 0 Å². The van der Waals surface area contributed by atoms with Gasteiger partial charge in [-0.1, -0.05) is 49.0 Å². The standard InChI is InChI=1S/C54H67N11O8/c1-7-43-51(69)61(5)45-31-55-52(58-48(45)65(43)38-16-8-9-17-38)56-41-24-19-35(30-46(41)71-6)42-33-64(60-59-42)37-22-20-36(21-23-37)62(53(70)73-54(2,3)4)27-13-29-72-28-11-10-14-34-15-12-18-39-40(34)32-63(50(39)68)44-25-26-47(66)57-49(44)67/h12,15,18-19,24,30-31,33,36-38,43-44H,7-9,11,13,16-17,20-23,25-29,32H2,1-6H3,(H,55,56,58)(H,57,66,67)/t36?,37?,43-,44?/m1/s1. The highest BCUT2D eigenvalue weighted by Gasteiger charge is 2.42. The molecule has 19 heteroatoms. The predicted molar refractivity (Wildman–Crippen MR) is 273 cm³/mol. The second-order valence-electron chi connectivity index (χ2n) is 20.6. The Morgan fingerprint density at radius 2 is 1.78 bits per heavy atom. The molecule has 3 fully saturated rings. The first-order valence-electron chi connectivity index (χ1n) is 25.8. The Balaban J connectivity index is 0.772. The highest BCUT2D eigenvalue weighted by molar-refractivity contribution is 6.06. The lowest BCUT2D eigenvalue weighted by Gasteiger charge is -2.43. The van der Waals surface area contributed by atoms with Gasteiger partial charge in [0.1, 0.15) is 34.8 Å². The van der Waals surface area contributed by atoms with Gasteiger partial charge in [-0.05, 0) is 108 Å². The maximum atomic E-state index is 13.6. The first-order valence-corrected chi connectivity index (χ1v) is 25.8. The monoisotopic (exact) mass is 998 g/mol. The van der Waals surface area contributed by atoms with Gasteiger partial charge in [-0.2, -0.15) is 4.98 Å². The molecule has 2 saturated carbocycles. The number of ether oxygens (including phenoxy) is 3. The van der Waals surface area contributed by atoms with Crippen molar-refractivity contribution in [2.45, 2.75) is 154 Å². The molecular formula is C54H67N11O8. The number of piperidine rings is 1. The summed E-state index contributed by atoms with van der Waals surface area (Å²) >= 11 is 0. The number of likely N-dealkylation sites (N-methyl/N-ethyl adjacent to an activating group) is 1. The normalized spacial score (nSPS) is 21.1. The van der Waals surface area contributed by atoms with Gasteiger partial charge >= 0.3 is 6.09 Å². The van der Waals surface area contributed by atoms with Crippen LogP contribution in [0.15, 0.2) is 48.8 Å². The van der Waals surface area contributed by atoms with Crippen molar-refractivity contribution in [3.63, 3.8) is 0 Å². The van der Waals surface area contributed by atoms with Crippen LogP contribution in [-0.2, 0) is 30.4 Å². The fourth-order valence-corrected chi connectivity index (χ4v) is 10.9. The van der Waals surface area contributed by atoms with E-state index in [0.717, 1.165) is 73.9 Å². The van der Waals surface area contributed by atoms with Gasteiger partial charge in [0.15, 0.2) is 5.82 Å². The van der Waals surface area contributed by atoms with E-state index in [1.54, 1.807) is 37.4 Å². The Hall–Kier alpha value is -7.07. The first kappa shape index (κ1) is 50.9. The molecule has 2 N–H and O–H groups in total. The fraction of sp³-hybridized carbons (Fsp3) is 0.537. The van der Waals surface area contributed by atoms with Gasteiger partial charge in [-0.25, -0.2) is 14.5 Å². The van der Waals surface area contributed by atoms with Crippen molar-refractivity contribution in [3.8, 4) is 28.8 Å². The number of amides is 5. The van der Waals surface area contributed by atoms with Crippen LogP contribution in [0.1, 0.15) is 139 Å². The van der Waals surface area contributed by atoms with E-state index in [9.17, 15) is 24.0 Å². The van der Waals surface area contributed by atoms with Gasteiger partial charge in [0.25, 0.3) is 5.91 Å². The van der Waals surface area contributed by atoms with Crippen molar-refractivity contribution >= 4 is 52.9 Å². The van der Waals surface area contributed by atoms with E-state index in [-0.39, 0.29) is 60.9 Å². The van der Waals surface area contributed by atoms with Crippen molar-refractivity contribution in [2.75, 3.05) is 49.0 Å². The van der Waals surface area contributed by atoms with E-state index in [0.29, 0.717) is 79.8 Å². The number of carbonyl (C=O) groups is 5. The Morgan fingerprint density at radius 1 is 0.986 bits per heavy atom. The van der Waals surface area contributed by atoms with Crippen LogP contribution in [0.3, 0.4) is 0 Å². The number of hydrogen-bond acceptors (Lipinski definition) is 14. The summed E-state index contributed by atoms with van der Waals surface area (Å²) in [7, 11) is 3.42. The molecule has 0 spiro atoms. The van der Waals surface area contributed by atoms with Crippen LogP contribution < -0.4 is 25.2 Å². The third-order valence-corrected chi connectivity index (χ3v) is 14.6. The molecular weight excluding hydrogens is 931 g/mol. The number of carbonyl (C=O) groups excluding carboxylic acids is 5. The van der Waals surface area contributed by atoms with Gasteiger partial charge < -0.3 is 39.1 Å². The zero-order chi connectivity index (χ0) is 51.4. The average Bonchev–Trinajstić information content (AvgIpc) is 4.16. The summed E-state index contributed by atoms with van der Waals surface area (Å²) in [6, 6.07) is 10.7. The second kappa shape index (κ2) is 22.0. The van der Waals surface area contributed by atoms with Crippen LogP contribution in [-0.4, -0.2) is 128 Å². The number of nitrogens with zero attached hydrogens (tertiary/aromatic N) is 9. The highest BCUT2D eigenvalue weighted by Crippen LogP contribution is 2.41. The van der Waals surface area contributed by atoms with E-state index >= 15 is 0 Å². The summed E-state index contributed by atoms with van der Waals surface area (Å²) in [6.07, 6.45) is 13.2. The Labute approximate surface area is 426 Å². The van der Waals surface area contributed by atoms with Gasteiger partial charge in [0.2, 0.25) is 23.7 Å². The Morgan fingerprint density at radius 3 is 2.52 bits per heavy atom. The third-order valence-electron chi connectivity index (χ3n) is 14.6. The minimum atomic E-state index is -0.681. The smallest absolute Gasteiger partial charge is 0.410 e. The number of hydrogen-bond donors (Lipinski definition) is 2. The van der Waals surface area contributed by atoms with E-state index in [1.165, 1.54) is 4.90 Å². The number of nitrogens with one attached hydrogen (secondary N) is 2. The minimum Gasteiger partial charge on any atom is -0.495 e. The molecule has 0 bridgehead atoms. The van der Waals surface area contributed by atoms with Gasteiger partial charge in [-0.3, -0.25) is 24.5 Å². The molecule has 19 nitrogen and oxygen atoms in total. The SMILES string of the molecule is CC[C@@H]1C(=O)N(C)c2cnc(Nc3ccc(-c4cn(C5CCC(N(CCCOCCC#Cc6cccc7c6CN(C6CCC(=O)NC6=O)C7=O)C(=O)OC(C)(C)C)CC5)nn4)cc3OC)nc2N1C1CCCC1. The summed E-state index contributed by atoms with van der Waals surface area (Å²) in [5, 5.41) is 14.8. The molecule has 1 unspecified atom stereocenters. The van der Waals surface area contributed by atoms with Crippen LogP contribution in [0.5, 0.6) is 5.75 Å². The number of anilines is 4. The molecule has 2 aromatic heterocycles. The molecule has 0 radical (unpaired) electrons. The lowest BCUT2D eigenvalue weighted by Crippen LogP contribution is -2.55. The predicted octanol–water partition coefficient (Wildman–Crippen LogP) is 7.32. The number of imide groups is 1. The van der Waals surface area contributed by atoms with Crippen LogP contribution >= 0.6 is 0 Å². The van der Waals surface area contributed by atoms with E-state index in [1.807, 2.05) is 60.8 Å². The number of fused-ring (bicyclic) bond motifs is 2. The van der Waals surface area contributed by atoms with Crippen LogP contribution in [0.4, 0.5) is 27.9 Å². The van der Waals surface area contributed by atoms with Gasteiger partial charge in [0.05, 0.1) is 37.8 Å². The Kier molecular flexibility index (Phi) is 15.3. The molecule has 5 aliphatic rings. The molecule has 2 aliphatic carbocycles. The minimum absolute atomic E-state index is 0.00369. The fourth-order valence-electron chi connectivity index (χ4n) is 10.9. The molecule has 2 atom stereocenters. The molecule has 3 aliphatic heterocycles. The summed E-state index contributed by atoms with van der Waals surface area (Å²) in [5.74, 6) is 7.22. The number of benzene rings is 2. The van der Waals surface area contributed by atoms with Crippen LogP contribution in [0.25, 0.3) is 11.3 Å². The van der Waals surface area contributed by atoms with Crippen molar-refractivity contribution in [2.24, 2.45) is 0 Å². The van der Waals surface area contributed by atoms with Crippen molar-refractivity contribution < 1.29 is 38.2 Å². The molecule has 5 amide bonds. The van der Waals surface area contributed by atoms with E-state index in [4.69, 9.17) is 19.2 Å². The summed E-state index contributed by atoms with van der Waals surface area (Å²) in [6.45, 7) is 9.28. The van der Waals surface area contributed by atoms with E-state index in [2.05, 4.69) is 49.6 Å². The third kappa shape index (κ3) is 11.1. The topological polar surface area (TPSA) is 207 Å². The summed E-state index contributed by atoms with van der Waals surface area (Å²) in [5.41, 5.74) is 4.36. The zero-order valence-corrected chi connectivity index (χ0v) is 42.8. The number of rotatable bonds is 15. The summed E-state index contributed by atoms with van der Waals surface area (Å²) in [4.78, 5) is 81.3. The molecule has 386 valence electrons. The molecule has 73 heavy (non-hydrogen) atoms. The van der Waals surface area contributed by atoms with Crippen LogP contribution in [0, 0.1) is 11.8 Å². The lowest BCUT2D eigenvalue weighted by molar-refractivity contribution is -0.137. The maximum absolute atomic E-state index is 13.6. The van der Waals surface area contributed by atoms with Gasteiger partial charge in [-0.15, -0.1) is 5.10 Å². The van der Waals surface area contributed by atoms with Gasteiger partial charge in [0, 0.05) is 68.4 Å². The lowest BCUT2D eigenvalue weighted by atomic mass is 9.90. The largest absolute Gasteiger partial charge is 0.495 e. The average molecular weight is 998 g/mol. The number of aromatic nitrogens is 5. The Bertz CT molecular complexity index is 2780. The molecule has 4 aromatic rings. The number of methoxy groups -OCH3 is 1. The molecule has 9 rings (SSSR count). The molecule has 2 aromatic carbocycles. The zero-order valence-electron chi connectivity index (χ0n) is 42.8. The van der Waals surface area contributed by atoms with Crippen LogP contribution in [0.2, 0.25) is 0 Å². The van der Waals surface area contributed by atoms with Crippen molar-refractivity contribution in [1.82, 2.24) is 40.1 Å². The summed E-state index contributed by atoms with van der Waals surface area (Å²) < 4.78 is 19.6.